The first kappa shape index (κ1) is 17.0. The molecule has 0 spiro atoms. The molecule has 0 heterocycles. The van der Waals surface area contributed by atoms with Crippen LogP contribution >= 0.6 is 0 Å². The fourth-order valence-corrected chi connectivity index (χ4v) is 2.27. The first-order chi connectivity index (χ1) is 10.8. The summed E-state index contributed by atoms with van der Waals surface area (Å²) < 4.78 is 38.5. The maximum Gasteiger partial charge on any atom is 0.418 e. The van der Waals surface area contributed by atoms with E-state index in [4.69, 9.17) is 5.11 Å². The molecule has 0 aliphatic heterocycles. The van der Waals surface area contributed by atoms with Crippen molar-refractivity contribution in [3.05, 3.63) is 42.0 Å². The van der Waals surface area contributed by atoms with E-state index in [0.29, 0.717) is 6.42 Å². The van der Waals surface area contributed by atoms with Crippen molar-refractivity contribution in [2.24, 2.45) is 5.92 Å². The zero-order valence-electron chi connectivity index (χ0n) is 11.9. The minimum atomic E-state index is -4.64. The Morgan fingerprint density at radius 1 is 1.17 bits per heavy atom. The first-order valence-corrected chi connectivity index (χ1v) is 6.88. The van der Waals surface area contributed by atoms with E-state index in [0.717, 1.165) is 12.1 Å². The predicted octanol–water partition coefficient (Wildman–Crippen LogP) is 1.70. The molecule has 2 rings (SSSR count). The number of rotatable bonds is 3. The highest BCUT2D eigenvalue weighted by atomic mass is 19.4. The Balaban J connectivity index is 2.00. The lowest BCUT2D eigenvalue weighted by Gasteiger charge is -2.15. The van der Waals surface area contributed by atoms with Crippen LogP contribution < -0.4 is 10.6 Å². The quantitative estimate of drug-likeness (QED) is 0.584. The molecule has 1 aromatic rings. The molecule has 0 aromatic heterocycles. The number of alkyl halides is 3. The van der Waals surface area contributed by atoms with Crippen LogP contribution in [0.1, 0.15) is 12.0 Å². The number of hydrogen-bond acceptors (Lipinski definition) is 3. The number of hydrogen-bond donors (Lipinski definition) is 3. The van der Waals surface area contributed by atoms with Crippen molar-refractivity contribution in [1.29, 1.82) is 0 Å². The Morgan fingerprint density at radius 2 is 1.87 bits per heavy atom. The summed E-state index contributed by atoms with van der Waals surface area (Å²) in [5.74, 6) is -2.31. The average molecular weight is 328 g/mol. The molecule has 23 heavy (non-hydrogen) atoms. The molecule has 0 saturated carbocycles. The van der Waals surface area contributed by atoms with Gasteiger partial charge in [-0.05, 0) is 18.6 Å². The maximum absolute atomic E-state index is 12.8. The van der Waals surface area contributed by atoms with Gasteiger partial charge < -0.3 is 15.7 Å². The zero-order chi connectivity index (χ0) is 17.0. The van der Waals surface area contributed by atoms with Crippen LogP contribution in [-0.2, 0) is 15.8 Å². The van der Waals surface area contributed by atoms with Crippen LogP contribution in [0.25, 0.3) is 0 Å². The van der Waals surface area contributed by atoms with Gasteiger partial charge in [0, 0.05) is 18.6 Å². The van der Waals surface area contributed by atoms with Crippen LogP contribution in [0.2, 0.25) is 0 Å². The van der Waals surface area contributed by atoms with Gasteiger partial charge in [0.15, 0.2) is 0 Å². The normalized spacial score (nSPS) is 20.3. The fourth-order valence-electron chi connectivity index (χ4n) is 2.27. The van der Waals surface area contributed by atoms with Crippen LogP contribution in [0.3, 0.4) is 0 Å². The number of nitrogens with one attached hydrogen (secondary N) is 2. The van der Waals surface area contributed by atoms with Gasteiger partial charge in [-0.25, -0.2) is 0 Å². The SMILES string of the molecule is O=C(Nc1ccccc1C(F)(F)F)C(=O)N[C@@H]1C=C[C@H](CO)C1. The van der Waals surface area contributed by atoms with Crippen LogP contribution in [0.5, 0.6) is 0 Å². The number of halogens is 3. The van der Waals surface area contributed by atoms with E-state index < -0.39 is 35.3 Å². The number of para-hydroxylation sites is 1. The van der Waals surface area contributed by atoms with Gasteiger partial charge in [0.25, 0.3) is 0 Å². The van der Waals surface area contributed by atoms with Gasteiger partial charge in [-0.2, -0.15) is 13.2 Å². The van der Waals surface area contributed by atoms with Crippen LogP contribution in [0.15, 0.2) is 36.4 Å². The van der Waals surface area contributed by atoms with Gasteiger partial charge in [0.1, 0.15) is 0 Å². The highest BCUT2D eigenvalue weighted by molar-refractivity contribution is 6.39. The van der Waals surface area contributed by atoms with E-state index in [-0.39, 0.29) is 12.5 Å². The predicted molar refractivity (Wildman–Crippen MR) is 76.3 cm³/mol. The van der Waals surface area contributed by atoms with E-state index >= 15 is 0 Å². The Labute approximate surface area is 130 Å². The Hall–Kier alpha value is -2.35. The largest absolute Gasteiger partial charge is 0.418 e. The molecule has 1 aliphatic carbocycles. The molecular formula is C15H15F3N2O3. The molecular weight excluding hydrogens is 313 g/mol. The molecule has 0 unspecified atom stereocenters. The van der Waals surface area contributed by atoms with Crippen molar-refractivity contribution in [2.75, 3.05) is 11.9 Å². The third-order valence-electron chi connectivity index (χ3n) is 3.41. The van der Waals surface area contributed by atoms with E-state index in [1.807, 2.05) is 5.32 Å². The number of aliphatic hydroxyl groups is 1. The molecule has 2 atom stereocenters. The van der Waals surface area contributed by atoms with Crippen LogP contribution in [-0.4, -0.2) is 29.6 Å². The standard InChI is InChI=1S/C15H15F3N2O3/c16-15(17,18)11-3-1-2-4-12(11)20-14(23)13(22)19-10-6-5-9(7-10)8-21/h1-6,9-10,21H,7-8H2,(H,19,22)(H,20,23)/t9-,10+/m0/s1. The van der Waals surface area contributed by atoms with E-state index in [2.05, 4.69) is 5.32 Å². The summed E-state index contributed by atoms with van der Waals surface area (Å²) in [5, 5.41) is 13.3. The lowest BCUT2D eigenvalue weighted by molar-refractivity contribution is -0.138. The highest BCUT2D eigenvalue weighted by Crippen LogP contribution is 2.34. The molecule has 124 valence electrons. The van der Waals surface area contributed by atoms with Crippen LogP contribution in [0, 0.1) is 5.92 Å². The number of anilines is 1. The average Bonchev–Trinajstić information content (AvgIpc) is 2.94. The number of benzene rings is 1. The van der Waals surface area contributed by atoms with E-state index in [1.165, 1.54) is 12.1 Å². The Bertz CT molecular complexity index is 629. The van der Waals surface area contributed by atoms with Crippen molar-refractivity contribution in [2.45, 2.75) is 18.6 Å². The second kappa shape index (κ2) is 6.82. The van der Waals surface area contributed by atoms with Gasteiger partial charge in [-0.1, -0.05) is 24.3 Å². The topological polar surface area (TPSA) is 78.4 Å². The molecule has 8 heteroatoms. The summed E-state index contributed by atoms with van der Waals surface area (Å²) in [6.45, 7) is -0.0754. The number of carbonyl (C=O) groups is 2. The second-order valence-corrected chi connectivity index (χ2v) is 5.14. The minimum Gasteiger partial charge on any atom is -0.396 e. The van der Waals surface area contributed by atoms with Gasteiger partial charge in [0.2, 0.25) is 0 Å². The third-order valence-corrected chi connectivity index (χ3v) is 3.41. The molecule has 2 amide bonds. The molecule has 1 aliphatic rings. The van der Waals surface area contributed by atoms with Crippen molar-refractivity contribution in [1.82, 2.24) is 5.32 Å². The van der Waals surface area contributed by atoms with Crippen molar-refractivity contribution in [3.63, 3.8) is 0 Å². The van der Waals surface area contributed by atoms with Crippen molar-refractivity contribution in [3.8, 4) is 0 Å². The Kier molecular flexibility index (Phi) is 5.05. The molecule has 0 fully saturated rings. The summed E-state index contributed by atoms with van der Waals surface area (Å²) in [5.41, 5.74) is -1.50. The van der Waals surface area contributed by atoms with Gasteiger partial charge >= 0.3 is 18.0 Å². The summed E-state index contributed by atoms with van der Waals surface area (Å²) in [4.78, 5) is 23.5. The summed E-state index contributed by atoms with van der Waals surface area (Å²) in [6, 6.07) is 3.98. The fraction of sp³-hybridized carbons (Fsp3) is 0.333. The van der Waals surface area contributed by atoms with E-state index in [9.17, 15) is 22.8 Å². The Morgan fingerprint density at radius 3 is 2.48 bits per heavy atom. The minimum absolute atomic E-state index is 0.0754. The second-order valence-electron chi connectivity index (χ2n) is 5.14. The molecule has 0 saturated heterocycles. The smallest absolute Gasteiger partial charge is 0.396 e. The maximum atomic E-state index is 12.8. The van der Waals surface area contributed by atoms with E-state index in [1.54, 1.807) is 12.2 Å². The molecule has 5 nitrogen and oxygen atoms in total. The zero-order valence-corrected chi connectivity index (χ0v) is 11.9. The van der Waals surface area contributed by atoms with Crippen molar-refractivity contribution >= 4 is 17.5 Å². The monoisotopic (exact) mass is 328 g/mol. The third kappa shape index (κ3) is 4.32. The summed E-state index contributed by atoms with van der Waals surface area (Å²) in [7, 11) is 0. The number of amides is 2. The number of carbonyl (C=O) groups excluding carboxylic acids is 2. The molecule has 1 aromatic carbocycles. The highest BCUT2D eigenvalue weighted by Gasteiger charge is 2.34. The lowest BCUT2D eigenvalue weighted by Crippen LogP contribution is -2.40. The van der Waals surface area contributed by atoms with Crippen molar-refractivity contribution < 1.29 is 27.9 Å². The van der Waals surface area contributed by atoms with Gasteiger partial charge in [0.05, 0.1) is 11.3 Å². The summed E-state index contributed by atoms with van der Waals surface area (Å²) >= 11 is 0. The first-order valence-electron chi connectivity index (χ1n) is 6.88. The molecule has 3 N–H and O–H groups in total. The van der Waals surface area contributed by atoms with Gasteiger partial charge in [-0.15, -0.1) is 0 Å². The number of aliphatic hydroxyl groups excluding tert-OH is 1. The molecule has 0 radical (unpaired) electrons. The van der Waals surface area contributed by atoms with Crippen LogP contribution in [0.4, 0.5) is 18.9 Å². The lowest BCUT2D eigenvalue weighted by atomic mass is 10.1. The van der Waals surface area contributed by atoms with Gasteiger partial charge in [-0.3, -0.25) is 9.59 Å². The summed E-state index contributed by atoms with van der Waals surface area (Å²) in [6.07, 6.45) is -0.852. The molecule has 0 bridgehead atoms.